The first-order valence-corrected chi connectivity index (χ1v) is 57.3. The highest BCUT2D eigenvalue weighted by atomic mass is 79.9. The summed E-state index contributed by atoms with van der Waals surface area (Å²) < 4.78 is 2.21. The number of halogens is 2. The van der Waals surface area contributed by atoms with Crippen molar-refractivity contribution in [2.24, 2.45) is 0 Å². The summed E-state index contributed by atoms with van der Waals surface area (Å²) in [6.07, 6.45) is 36.7. The molecule has 0 saturated carbocycles. The number of nitrogens with one attached hydrogen (secondary N) is 2. The molecule has 740 valence electrons. The van der Waals surface area contributed by atoms with E-state index in [-0.39, 0.29) is 27.1 Å². The molecule has 0 saturated heterocycles. The van der Waals surface area contributed by atoms with Gasteiger partial charge in [-0.05, 0) is 313 Å². The monoisotopic (exact) mass is 2040 g/mol. The van der Waals surface area contributed by atoms with E-state index in [2.05, 4.69) is 451 Å². The zero-order valence-electron chi connectivity index (χ0n) is 88.0. The average Bonchev–Trinajstić information content (AvgIpc) is 1.52. The van der Waals surface area contributed by atoms with Crippen LogP contribution in [0.4, 0.5) is 28.4 Å². The van der Waals surface area contributed by atoms with Crippen LogP contribution in [0.1, 0.15) is 349 Å². The lowest BCUT2D eigenvalue weighted by molar-refractivity contribution is 0.398. The SMILES string of the molecule is CC1(C)c2ccccc2-c2ccc(N)cc21.CCCCCCCCC1(CCCCCCCC)c2ccccc2-c2cc3c(cc21)-c1ccccc1C3(c1ccc(Br)cc1)c1ccc(Br)cc1.CCCCCCCCC1(CCCCCCCC)c2ccccc2-c2cc3c(cc21)-c1ccccc1C3(c1ccc(Nc2ccc3c(c2)C(C)(C)c2ccccc2-3)cc1)c1ccc(Nc2ccc3c(c2)C(C)(C)c2ccccc2-3)cc1. The highest BCUT2D eigenvalue weighted by molar-refractivity contribution is 9.10. The van der Waals surface area contributed by atoms with Crippen LogP contribution in [0, 0.1) is 0 Å². The van der Waals surface area contributed by atoms with Crippen LogP contribution in [0.3, 0.4) is 0 Å². The fourth-order valence-electron chi connectivity index (χ4n) is 27.8. The second-order valence-electron chi connectivity index (χ2n) is 45.1. The zero-order chi connectivity index (χ0) is 101. The molecule has 0 bridgehead atoms. The molecule has 5 heteroatoms. The van der Waals surface area contributed by atoms with Crippen molar-refractivity contribution in [1.82, 2.24) is 0 Å². The Hall–Kier alpha value is -12.1. The Morgan fingerprint density at radius 1 is 0.192 bits per heavy atom. The van der Waals surface area contributed by atoms with Crippen LogP contribution in [-0.4, -0.2) is 0 Å². The van der Waals surface area contributed by atoms with Crippen molar-refractivity contribution < 1.29 is 0 Å². The molecule has 7 aliphatic carbocycles. The maximum Gasteiger partial charge on any atom is 0.0713 e. The Labute approximate surface area is 889 Å². The lowest BCUT2D eigenvalue weighted by atomic mass is 9.66. The van der Waals surface area contributed by atoms with Crippen LogP contribution in [0.25, 0.3) is 77.9 Å². The molecule has 0 spiro atoms. The van der Waals surface area contributed by atoms with Gasteiger partial charge in [-0.25, -0.2) is 0 Å². The molecule has 0 heterocycles. The van der Waals surface area contributed by atoms with Gasteiger partial charge in [-0.15, -0.1) is 0 Å². The van der Waals surface area contributed by atoms with Gasteiger partial charge >= 0.3 is 0 Å². The van der Waals surface area contributed by atoms with Crippen LogP contribution >= 0.6 is 31.9 Å². The number of unbranched alkanes of at least 4 members (excludes halogenated alkanes) is 20. The van der Waals surface area contributed by atoms with Crippen molar-refractivity contribution in [2.75, 3.05) is 16.4 Å². The van der Waals surface area contributed by atoms with Gasteiger partial charge in [-0.1, -0.05) is 492 Å². The van der Waals surface area contributed by atoms with Gasteiger partial charge < -0.3 is 16.4 Å². The number of benzene rings is 16. The van der Waals surface area contributed by atoms with Crippen LogP contribution in [0.15, 0.2) is 355 Å². The molecule has 16 aromatic rings. The van der Waals surface area contributed by atoms with E-state index >= 15 is 0 Å². The quantitative estimate of drug-likeness (QED) is 0.0271. The summed E-state index contributed by atoms with van der Waals surface area (Å²) in [7, 11) is 0. The van der Waals surface area contributed by atoms with Crippen molar-refractivity contribution in [2.45, 2.75) is 287 Å². The van der Waals surface area contributed by atoms with Gasteiger partial charge in [0.25, 0.3) is 0 Å². The molecular formula is C141H147Br2N3. The smallest absolute Gasteiger partial charge is 0.0713 e. The van der Waals surface area contributed by atoms with Gasteiger partial charge in [0.2, 0.25) is 0 Å². The summed E-state index contributed by atoms with van der Waals surface area (Å²) >= 11 is 7.48. The molecule has 0 amide bonds. The van der Waals surface area contributed by atoms with Crippen molar-refractivity contribution in [3.05, 3.63) is 455 Å². The third-order valence-corrected chi connectivity index (χ3v) is 36.3. The third-order valence-electron chi connectivity index (χ3n) is 35.2. The van der Waals surface area contributed by atoms with Crippen molar-refractivity contribution in [1.29, 1.82) is 0 Å². The lowest BCUT2D eigenvalue weighted by Gasteiger charge is -2.35. The second kappa shape index (κ2) is 42.3. The van der Waals surface area contributed by atoms with Gasteiger partial charge in [0.1, 0.15) is 0 Å². The summed E-state index contributed by atoms with van der Waals surface area (Å²) in [6, 6.07) is 132. The standard InChI is InChI=1S/C78H80N2.C48H52Br2.C15H15N/c1-7-9-11-13-15-25-47-77(48-26-16-14-12-10-8-2)69-33-23-19-29-61(69)65-52-74-66(51-73(65)77)62-30-20-24-34-70(62)78(74,53-35-39-55(40-36-53)79-57-43-45-63-59-27-17-21-31-67(59)75(3,4)71(63)49-57)54-37-41-56(42-38-54)80-58-44-46-64-60-28-18-22-32-68(60)76(5,6)72(64)50-58;1-3-5-7-9-11-17-31-47(32-18-12-10-8-6-4-2)43-21-15-13-19-39(43)41-34-46-42(33-45(41)47)40-20-14-16-22-44(40)48(46,35-23-27-37(49)28-24-35)36-25-29-38(50)30-26-36;1-15(2)13-6-4-3-5-11(13)12-8-7-10(16)9-14(12)15/h17-24,27-46,49-52,79-80H,7-16,25-26,47-48H2,1-6H3;13-16,19-30,33-34H,3-12,17-18,31-32H2,1-2H3;3-9H,16H2,1-2H3. The highest BCUT2D eigenvalue weighted by Crippen LogP contribution is 2.66. The first-order chi connectivity index (χ1) is 71.2. The molecule has 0 aromatic heterocycles. The predicted octanol–water partition coefficient (Wildman–Crippen LogP) is 40.8. The van der Waals surface area contributed by atoms with E-state index in [1.54, 1.807) is 22.3 Å². The highest BCUT2D eigenvalue weighted by Gasteiger charge is 2.53. The Bertz CT molecular complexity index is 7200. The van der Waals surface area contributed by atoms with E-state index in [1.165, 1.54) is 336 Å². The van der Waals surface area contributed by atoms with Crippen LogP contribution < -0.4 is 16.4 Å². The molecule has 4 N–H and O–H groups in total. The molecule has 7 aliphatic rings. The van der Waals surface area contributed by atoms with E-state index in [0.29, 0.717) is 0 Å². The summed E-state index contributed by atoms with van der Waals surface area (Å²) in [6.45, 7) is 23.3. The van der Waals surface area contributed by atoms with Gasteiger partial charge in [0.15, 0.2) is 0 Å². The van der Waals surface area contributed by atoms with Crippen LogP contribution in [-0.2, 0) is 37.9 Å². The van der Waals surface area contributed by atoms with E-state index in [9.17, 15) is 0 Å². The van der Waals surface area contributed by atoms with E-state index < -0.39 is 10.8 Å². The number of fused-ring (bicyclic) bond motifs is 21. The first kappa shape index (κ1) is 99.8. The van der Waals surface area contributed by atoms with Gasteiger partial charge in [0.05, 0.1) is 10.8 Å². The molecule has 16 aromatic carbocycles. The van der Waals surface area contributed by atoms with Crippen molar-refractivity contribution in [3.8, 4) is 77.9 Å². The van der Waals surface area contributed by atoms with E-state index in [0.717, 1.165) is 37.4 Å². The number of rotatable bonds is 36. The lowest BCUT2D eigenvalue weighted by Crippen LogP contribution is -2.29. The van der Waals surface area contributed by atoms with Crippen molar-refractivity contribution in [3.63, 3.8) is 0 Å². The maximum atomic E-state index is 5.89. The van der Waals surface area contributed by atoms with Crippen LogP contribution in [0.2, 0.25) is 0 Å². The summed E-state index contributed by atoms with van der Waals surface area (Å²) in [5, 5.41) is 7.74. The second-order valence-corrected chi connectivity index (χ2v) is 46.9. The van der Waals surface area contributed by atoms with Gasteiger partial charge in [-0.3, -0.25) is 0 Å². The maximum absolute atomic E-state index is 5.89. The summed E-state index contributed by atoms with van der Waals surface area (Å²) in [4.78, 5) is 0. The Morgan fingerprint density at radius 2 is 0.418 bits per heavy atom. The van der Waals surface area contributed by atoms with Gasteiger partial charge in [0, 0.05) is 64.5 Å². The largest absolute Gasteiger partial charge is 0.399 e. The topological polar surface area (TPSA) is 50.1 Å². The van der Waals surface area contributed by atoms with Gasteiger partial charge in [-0.2, -0.15) is 0 Å². The number of anilines is 5. The minimum atomic E-state index is -0.580. The Morgan fingerprint density at radius 3 is 0.733 bits per heavy atom. The normalized spacial score (nSPS) is 15.2. The minimum Gasteiger partial charge on any atom is -0.399 e. The van der Waals surface area contributed by atoms with Crippen LogP contribution in [0.5, 0.6) is 0 Å². The fourth-order valence-corrected chi connectivity index (χ4v) is 28.3. The molecule has 23 rings (SSSR count). The number of hydrogen-bond donors (Lipinski definition) is 3. The molecular weight excluding hydrogens is 1900 g/mol. The molecule has 0 radical (unpaired) electrons. The predicted molar refractivity (Wildman–Crippen MR) is 630 cm³/mol. The Balaban J connectivity index is 0.000000160. The zero-order valence-corrected chi connectivity index (χ0v) is 91.2. The van der Waals surface area contributed by atoms with Crippen molar-refractivity contribution >= 4 is 60.3 Å². The van der Waals surface area contributed by atoms with E-state index in [4.69, 9.17) is 5.73 Å². The molecule has 0 unspecified atom stereocenters. The Kier molecular flexibility index (Phi) is 28.9. The number of nitrogens with two attached hydrogens (primary N) is 1. The number of hydrogen-bond acceptors (Lipinski definition) is 3. The molecule has 3 nitrogen and oxygen atoms in total. The number of nitrogen functional groups attached to an aromatic ring is 1. The summed E-state index contributed by atoms with van der Waals surface area (Å²) in [5.74, 6) is 0. The first-order valence-electron chi connectivity index (χ1n) is 55.8. The molecule has 0 fully saturated rings. The minimum absolute atomic E-state index is 0.0115. The third kappa shape index (κ3) is 17.8. The average molecular weight is 2040 g/mol. The fraction of sp³-hybridized carbons (Fsp3) is 0.319. The van der Waals surface area contributed by atoms with E-state index in [1.807, 2.05) is 6.07 Å². The molecule has 0 aliphatic heterocycles. The summed E-state index contributed by atoms with van der Waals surface area (Å²) in [5.41, 5.74) is 54.8. The molecule has 0 atom stereocenters. The molecule has 146 heavy (non-hydrogen) atoms.